The van der Waals surface area contributed by atoms with E-state index in [0.717, 1.165) is 64.1 Å². The Balaban J connectivity index is 0.000000172. The van der Waals surface area contributed by atoms with Gasteiger partial charge in [0.15, 0.2) is 0 Å². The van der Waals surface area contributed by atoms with Crippen molar-refractivity contribution in [3.63, 3.8) is 0 Å². The molecule has 8 rings (SSSR count). The van der Waals surface area contributed by atoms with Gasteiger partial charge in [-0.2, -0.15) is 0 Å². The van der Waals surface area contributed by atoms with Crippen LogP contribution in [-0.4, -0.2) is 48.4 Å². The Kier molecular flexibility index (Phi) is 11.8. The highest BCUT2D eigenvalue weighted by atomic mass is 35.5. The molecule has 0 radical (unpaired) electrons. The van der Waals surface area contributed by atoms with Crippen molar-refractivity contribution >= 4 is 110 Å². The van der Waals surface area contributed by atoms with Crippen molar-refractivity contribution in [2.24, 2.45) is 0 Å². The first-order chi connectivity index (χ1) is 26.9. The minimum atomic E-state index is -3.67. The fourth-order valence-corrected chi connectivity index (χ4v) is 13.2. The zero-order valence-electron chi connectivity index (χ0n) is 30.6. The van der Waals surface area contributed by atoms with Crippen molar-refractivity contribution in [1.82, 2.24) is 19.9 Å². The largest absolute Gasteiger partial charge is 0.391 e. The summed E-state index contributed by atoms with van der Waals surface area (Å²) in [6, 6.07) is 16.7. The second-order valence-corrected chi connectivity index (χ2v) is 21.0. The normalized spacial score (nSPS) is 12.0. The van der Waals surface area contributed by atoms with Crippen LogP contribution < -0.4 is 9.03 Å². The number of nitrogens with one attached hydrogen (secondary N) is 3. The Bertz CT molecular complexity index is 2870. The number of thiazole rings is 2. The lowest BCUT2D eigenvalue weighted by atomic mass is 10.1. The van der Waals surface area contributed by atoms with E-state index >= 15 is 0 Å². The van der Waals surface area contributed by atoms with Crippen LogP contribution in [0.15, 0.2) is 86.2 Å². The van der Waals surface area contributed by atoms with Crippen LogP contribution in [0, 0.1) is 13.8 Å². The first-order valence-electron chi connectivity index (χ1n) is 17.4. The Morgan fingerprint density at radius 2 is 1.46 bits per heavy atom. The van der Waals surface area contributed by atoms with E-state index in [1.165, 1.54) is 49.7 Å². The molecule has 292 valence electrons. The molecule has 0 aliphatic carbocycles. The number of H-pyrrole nitrogens is 2. The van der Waals surface area contributed by atoms with Gasteiger partial charge in [0.05, 0.1) is 51.2 Å². The molecule has 4 N–H and O–H groups in total. The van der Waals surface area contributed by atoms with Gasteiger partial charge in [-0.25, -0.2) is 26.8 Å². The van der Waals surface area contributed by atoms with Crippen molar-refractivity contribution < 1.29 is 21.9 Å². The average molecular weight is 886 g/mol. The van der Waals surface area contributed by atoms with Gasteiger partial charge in [0.2, 0.25) is 0 Å². The number of rotatable bonds is 12. The number of aliphatic hydroxyl groups excluding tert-OH is 1. The number of fused-ring (bicyclic) bond motifs is 2. The van der Waals surface area contributed by atoms with Crippen molar-refractivity contribution in [3.05, 3.63) is 104 Å². The zero-order valence-corrected chi connectivity index (χ0v) is 36.2. The molecule has 0 bridgehead atoms. The highest BCUT2D eigenvalue weighted by Gasteiger charge is 2.27. The Labute approximate surface area is 345 Å². The predicted molar refractivity (Wildman–Crippen MR) is 233 cm³/mol. The van der Waals surface area contributed by atoms with Gasteiger partial charge in [0.25, 0.3) is 20.0 Å². The highest BCUT2D eigenvalue weighted by molar-refractivity contribution is 7.95. The number of anilines is 2. The summed E-state index contributed by atoms with van der Waals surface area (Å²) in [5, 5.41) is 16.3. The van der Waals surface area contributed by atoms with Gasteiger partial charge in [-0.15, -0.1) is 56.9 Å². The van der Waals surface area contributed by atoms with Crippen molar-refractivity contribution in [2.45, 2.75) is 55.0 Å². The summed E-state index contributed by atoms with van der Waals surface area (Å²) in [6.45, 7) is 8.06. The monoisotopic (exact) mass is 884 g/mol. The second kappa shape index (κ2) is 16.4. The van der Waals surface area contributed by atoms with Crippen molar-refractivity contribution in [3.8, 4) is 21.4 Å². The van der Waals surface area contributed by atoms with Gasteiger partial charge in [-0.3, -0.25) is 9.03 Å². The van der Waals surface area contributed by atoms with Gasteiger partial charge in [-0.1, -0.05) is 25.1 Å². The molecule has 18 heteroatoms. The van der Waals surface area contributed by atoms with Crippen LogP contribution in [0.4, 0.5) is 11.4 Å². The van der Waals surface area contributed by atoms with Crippen LogP contribution in [0.2, 0.25) is 0 Å². The fraction of sp³-hybridized carbons (Fsp3) is 0.211. The lowest BCUT2D eigenvalue weighted by Gasteiger charge is -2.23. The van der Waals surface area contributed by atoms with E-state index in [4.69, 9.17) is 11.6 Å². The molecule has 2 aromatic carbocycles. The molecule has 56 heavy (non-hydrogen) atoms. The third kappa shape index (κ3) is 7.78. The van der Waals surface area contributed by atoms with E-state index in [0.29, 0.717) is 44.2 Å². The number of aryl methyl sites for hydroxylation is 3. The van der Waals surface area contributed by atoms with Crippen LogP contribution in [0.25, 0.3) is 43.2 Å². The van der Waals surface area contributed by atoms with Gasteiger partial charge in [0.1, 0.15) is 18.4 Å². The number of thiophene rings is 2. The number of hydrogen-bond donors (Lipinski definition) is 4. The molecule has 0 spiro atoms. The van der Waals surface area contributed by atoms with E-state index in [2.05, 4.69) is 24.7 Å². The van der Waals surface area contributed by atoms with Crippen LogP contribution >= 0.6 is 56.9 Å². The topological polar surface area (TPSA) is 161 Å². The van der Waals surface area contributed by atoms with E-state index in [1.54, 1.807) is 41.4 Å². The lowest BCUT2D eigenvalue weighted by Crippen LogP contribution is -2.30. The first kappa shape index (κ1) is 40.1. The summed E-state index contributed by atoms with van der Waals surface area (Å²) >= 11 is 11.3. The molecule has 0 saturated heterocycles. The minimum Gasteiger partial charge on any atom is -0.391 e. The molecule has 8 aromatic rings. The maximum atomic E-state index is 13.2. The maximum absolute atomic E-state index is 13.2. The van der Waals surface area contributed by atoms with Crippen LogP contribution in [0.5, 0.6) is 0 Å². The lowest BCUT2D eigenvalue weighted by molar-refractivity contribution is 0.285. The summed E-state index contributed by atoms with van der Waals surface area (Å²) in [5.74, 6) is 0.421. The molecule has 0 atom stereocenters. The summed E-state index contributed by atoms with van der Waals surface area (Å²) in [7, 11) is -7.29. The molecule has 0 aliphatic rings. The SMILES string of the molecule is CCN(c1ccc(C)c2cc(-c3ncc(CCl)s3)[nH]c12)S(=O)(=O)c1cccs1.CCc1ccsc1S(=O)(=O)Nc1ccc(C)c2cc(-c3ncc(CO)s3)[nH]c12. The van der Waals surface area contributed by atoms with Gasteiger partial charge in [0, 0.05) is 34.6 Å². The maximum Gasteiger partial charge on any atom is 0.273 e. The molecule has 0 aliphatic heterocycles. The fourth-order valence-electron chi connectivity index (χ4n) is 6.23. The molecule has 6 heterocycles. The van der Waals surface area contributed by atoms with Crippen molar-refractivity contribution in [2.75, 3.05) is 15.6 Å². The predicted octanol–water partition coefficient (Wildman–Crippen LogP) is 10.1. The van der Waals surface area contributed by atoms with E-state index in [9.17, 15) is 21.9 Å². The van der Waals surface area contributed by atoms with Crippen LogP contribution in [0.3, 0.4) is 0 Å². The number of halogens is 1. The van der Waals surface area contributed by atoms with Crippen molar-refractivity contribution in [1.29, 1.82) is 0 Å². The number of aromatic nitrogens is 4. The molecule has 0 amide bonds. The molecule has 6 aromatic heterocycles. The standard InChI is InChI=1S/C19H18ClN3O2S3.C19H19N3O3S3/c1-3-23(28(24,25)17-5-4-8-26-17)16-7-6-12(2)14-9-15(22-18(14)16)19-21-11-13(10-20)27-19;1-3-12-6-7-26-19(12)28(24,25)22-15-5-4-11(2)14-8-16(21-17(14)15)18-20-9-13(10-23)27-18/h4-9,11,22H,3,10H2,1-2H3;4-9,21-23H,3,10H2,1-2H3. The summed E-state index contributed by atoms with van der Waals surface area (Å²) < 4.78 is 57.1. The number of alkyl halides is 1. The van der Waals surface area contributed by atoms with E-state index in [1.807, 2.05) is 64.1 Å². The van der Waals surface area contributed by atoms with E-state index < -0.39 is 20.0 Å². The van der Waals surface area contributed by atoms with Gasteiger partial charge < -0.3 is 15.1 Å². The third-order valence-corrected chi connectivity index (χ3v) is 17.7. The zero-order chi connectivity index (χ0) is 39.8. The van der Waals surface area contributed by atoms with E-state index in [-0.39, 0.29) is 6.61 Å². The number of hydrogen-bond acceptors (Lipinski definition) is 11. The molecular weight excluding hydrogens is 848 g/mol. The summed E-state index contributed by atoms with van der Waals surface area (Å²) in [5.41, 5.74) is 7.21. The van der Waals surface area contributed by atoms with Crippen LogP contribution in [0.1, 0.15) is 40.3 Å². The highest BCUT2D eigenvalue weighted by Crippen LogP contribution is 2.38. The third-order valence-electron chi connectivity index (χ3n) is 9.03. The summed E-state index contributed by atoms with van der Waals surface area (Å²) in [6.07, 6.45) is 4.07. The number of aliphatic hydroxyl groups is 1. The Morgan fingerprint density at radius 3 is 2.05 bits per heavy atom. The van der Waals surface area contributed by atoms with Gasteiger partial charge in [-0.05, 0) is 91.0 Å². The quantitative estimate of drug-likeness (QED) is 0.0888. The molecular formula is C38H37ClN6O5S6. The Morgan fingerprint density at radius 1 is 0.821 bits per heavy atom. The molecule has 0 fully saturated rings. The molecule has 11 nitrogen and oxygen atoms in total. The number of sulfonamides is 2. The second-order valence-electron chi connectivity index (χ2n) is 12.6. The summed E-state index contributed by atoms with van der Waals surface area (Å²) in [4.78, 5) is 17.2. The molecule has 0 unspecified atom stereocenters. The number of benzene rings is 2. The Hall–Kier alpha value is -4.07. The van der Waals surface area contributed by atoms with Gasteiger partial charge >= 0.3 is 0 Å². The van der Waals surface area contributed by atoms with Crippen LogP contribution in [-0.2, 0) is 39.0 Å². The average Bonchev–Trinajstić information content (AvgIpc) is 4.03. The molecule has 0 saturated carbocycles. The smallest absolute Gasteiger partial charge is 0.273 e. The number of aromatic amines is 2. The first-order valence-corrected chi connectivity index (χ1v) is 24.2. The number of nitrogens with zero attached hydrogens (tertiary/aromatic N) is 3. The minimum absolute atomic E-state index is 0.0530.